The fourth-order valence-corrected chi connectivity index (χ4v) is 0.244. The van der Waals surface area contributed by atoms with Gasteiger partial charge in [-0.25, -0.2) is 0 Å². The number of aliphatic hydroxyl groups is 1. The topological polar surface area (TPSA) is 58.6 Å². The highest BCUT2D eigenvalue weighted by Gasteiger charge is 1.87. The molecule has 0 radical (unpaired) electrons. The molecule has 0 saturated heterocycles. The molecular weight excluding hydrogens is 92.1 g/mol. The molecule has 3 nitrogen and oxygen atoms in total. The van der Waals surface area contributed by atoms with Crippen LogP contribution in [0.2, 0.25) is 0 Å². The second-order valence-electron chi connectivity index (χ2n) is 1.21. The Balaban J connectivity index is 3.38. The predicted octanol–water partition coefficient (Wildman–Crippen LogP) is -0.297. The number of hydrazone groups is 1. The van der Waals surface area contributed by atoms with Gasteiger partial charge in [-0.2, -0.15) is 5.10 Å². The van der Waals surface area contributed by atoms with E-state index in [-0.39, 0.29) is 6.61 Å². The summed E-state index contributed by atoms with van der Waals surface area (Å²) < 4.78 is 0. The van der Waals surface area contributed by atoms with Gasteiger partial charge < -0.3 is 10.9 Å². The summed E-state index contributed by atoms with van der Waals surface area (Å²) in [5.74, 6) is 4.82. The third kappa shape index (κ3) is 2.17. The number of aliphatic hydroxyl groups excluding tert-OH is 1. The van der Waals surface area contributed by atoms with E-state index in [1.54, 1.807) is 0 Å². The fourth-order valence-electron chi connectivity index (χ4n) is 0.244. The smallest absolute Gasteiger partial charge is 0.0831 e. The maximum absolute atomic E-state index is 8.32. The molecule has 0 heterocycles. The quantitative estimate of drug-likeness (QED) is 0.286. The van der Waals surface area contributed by atoms with Crippen molar-refractivity contribution in [1.82, 2.24) is 0 Å². The zero-order valence-electron chi connectivity index (χ0n) is 4.39. The number of nitrogens with two attached hydrogens (primary N) is 1. The van der Waals surface area contributed by atoms with Gasteiger partial charge >= 0.3 is 0 Å². The van der Waals surface area contributed by atoms with Gasteiger partial charge in [0.15, 0.2) is 0 Å². The lowest BCUT2D eigenvalue weighted by Crippen LogP contribution is -2.04. The van der Waals surface area contributed by atoms with Gasteiger partial charge in [0.25, 0.3) is 0 Å². The molecule has 0 aliphatic rings. The third-order valence-electron chi connectivity index (χ3n) is 0.773. The van der Waals surface area contributed by atoms with Crippen LogP contribution in [0.15, 0.2) is 5.10 Å². The van der Waals surface area contributed by atoms with Crippen molar-refractivity contribution in [3.8, 4) is 0 Å². The average Bonchev–Trinajstić information content (AvgIpc) is 1.72. The van der Waals surface area contributed by atoms with Crippen molar-refractivity contribution in [3.63, 3.8) is 0 Å². The van der Waals surface area contributed by atoms with Gasteiger partial charge in [-0.05, 0) is 6.42 Å². The van der Waals surface area contributed by atoms with Crippen molar-refractivity contribution in [2.75, 3.05) is 6.61 Å². The van der Waals surface area contributed by atoms with Crippen LogP contribution in [0.3, 0.4) is 0 Å². The first kappa shape index (κ1) is 6.43. The van der Waals surface area contributed by atoms with E-state index >= 15 is 0 Å². The Morgan fingerprint density at radius 2 is 2.43 bits per heavy atom. The van der Waals surface area contributed by atoms with Crippen molar-refractivity contribution >= 4 is 5.71 Å². The Bertz CT molecular complexity index is 64.1. The van der Waals surface area contributed by atoms with Gasteiger partial charge in [0.05, 0.1) is 12.3 Å². The van der Waals surface area contributed by atoms with E-state index < -0.39 is 0 Å². The Morgan fingerprint density at radius 1 is 1.86 bits per heavy atom. The highest BCUT2D eigenvalue weighted by molar-refractivity contribution is 5.84. The molecule has 3 N–H and O–H groups in total. The minimum atomic E-state index is -0.0208. The zero-order chi connectivity index (χ0) is 5.70. The molecular formula is C4H10N2O. The summed E-state index contributed by atoms with van der Waals surface area (Å²) in [5.41, 5.74) is 0.639. The molecule has 0 spiro atoms. The van der Waals surface area contributed by atoms with Gasteiger partial charge in [0.1, 0.15) is 0 Å². The first-order chi connectivity index (χ1) is 3.35. The van der Waals surface area contributed by atoms with Crippen LogP contribution in [0, 0.1) is 0 Å². The summed E-state index contributed by atoms with van der Waals surface area (Å²) in [4.78, 5) is 0. The molecule has 0 saturated carbocycles. The van der Waals surface area contributed by atoms with Crippen molar-refractivity contribution in [2.45, 2.75) is 13.3 Å². The van der Waals surface area contributed by atoms with Crippen LogP contribution in [0.1, 0.15) is 13.3 Å². The molecule has 7 heavy (non-hydrogen) atoms. The summed E-state index contributed by atoms with van der Waals surface area (Å²) in [6, 6.07) is 0. The van der Waals surface area contributed by atoms with Crippen LogP contribution in [0.25, 0.3) is 0 Å². The second kappa shape index (κ2) is 3.61. The minimum absolute atomic E-state index is 0.0208. The average molecular weight is 102 g/mol. The highest BCUT2D eigenvalue weighted by atomic mass is 16.3. The molecule has 0 fully saturated rings. The largest absolute Gasteiger partial charge is 0.390 e. The number of hydrogen-bond acceptors (Lipinski definition) is 3. The summed E-state index contributed by atoms with van der Waals surface area (Å²) in [6.07, 6.45) is 0.729. The van der Waals surface area contributed by atoms with E-state index in [2.05, 4.69) is 5.10 Å². The van der Waals surface area contributed by atoms with Crippen LogP contribution in [-0.2, 0) is 0 Å². The van der Waals surface area contributed by atoms with Gasteiger partial charge in [-0.3, -0.25) is 0 Å². The Labute approximate surface area is 42.8 Å². The number of hydrogen-bond donors (Lipinski definition) is 2. The number of nitrogens with zero attached hydrogens (tertiary/aromatic N) is 1. The molecule has 0 aromatic heterocycles. The van der Waals surface area contributed by atoms with Gasteiger partial charge in [-0.15, -0.1) is 0 Å². The van der Waals surface area contributed by atoms with Crippen LogP contribution < -0.4 is 5.84 Å². The predicted molar refractivity (Wildman–Crippen MR) is 29.0 cm³/mol. The van der Waals surface area contributed by atoms with E-state index in [0.717, 1.165) is 6.42 Å². The molecule has 0 bridgehead atoms. The van der Waals surface area contributed by atoms with E-state index in [0.29, 0.717) is 5.71 Å². The van der Waals surface area contributed by atoms with E-state index in [1.807, 2.05) is 6.92 Å². The lowest BCUT2D eigenvalue weighted by atomic mass is 10.3. The van der Waals surface area contributed by atoms with E-state index in [9.17, 15) is 0 Å². The SMILES string of the molecule is CC/C(CO)=N\N. The zero-order valence-corrected chi connectivity index (χ0v) is 4.39. The van der Waals surface area contributed by atoms with Crippen molar-refractivity contribution in [3.05, 3.63) is 0 Å². The molecule has 0 aliphatic carbocycles. The summed E-state index contributed by atoms with van der Waals surface area (Å²) >= 11 is 0. The molecule has 0 aromatic carbocycles. The van der Waals surface area contributed by atoms with Crippen molar-refractivity contribution in [2.24, 2.45) is 10.9 Å². The molecule has 0 unspecified atom stereocenters. The monoisotopic (exact) mass is 102 g/mol. The first-order valence-electron chi connectivity index (χ1n) is 2.21. The molecule has 42 valence electrons. The second-order valence-corrected chi connectivity index (χ2v) is 1.21. The maximum Gasteiger partial charge on any atom is 0.0831 e. The standard InChI is InChI=1S/C4H10N2O/c1-2-4(3-7)6-5/h7H,2-3,5H2,1H3/b6-4+. The summed E-state index contributed by atoms with van der Waals surface area (Å²) in [7, 11) is 0. The van der Waals surface area contributed by atoms with Crippen molar-refractivity contribution in [1.29, 1.82) is 0 Å². The molecule has 3 heteroatoms. The molecule has 0 rings (SSSR count). The van der Waals surface area contributed by atoms with Crippen LogP contribution in [0.5, 0.6) is 0 Å². The number of rotatable bonds is 2. The van der Waals surface area contributed by atoms with Gasteiger partial charge in [0.2, 0.25) is 0 Å². The van der Waals surface area contributed by atoms with Gasteiger partial charge in [-0.1, -0.05) is 6.92 Å². The Morgan fingerprint density at radius 3 is 2.43 bits per heavy atom. The third-order valence-corrected chi connectivity index (χ3v) is 0.773. The normalized spacial score (nSPS) is 12.0. The Hall–Kier alpha value is -0.570. The lowest BCUT2D eigenvalue weighted by Gasteiger charge is -1.90. The van der Waals surface area contributed by atoms with E-state index in [1.165, 1.54) is 0 Å². The highest BCUT2D eigenvalue weighted by Crippen LogP contribution is 1.78. The minimum Gasteiger partial charge on any atom is -0.390 e. The van der Waals surface area contributed by atoms with E-state index in [4.69, 9.17) is 10.9 Å². The molecule has 0 aliphatic heterocycles. The Kier molecular flexibility index (Phi) is 3.32. The van der Waals surface area contributed by atoms with Crippen LogP contribution in [0.4, 0.5) is 0 Å². The molecule has 0 amide bonds. The summed E-state index contributed by atoms with van der Waals surface area (Å²) in [5, 5.41) is 11.6. The summed E-state index contributed by atoms with van der Waals surface area (Å²) in [6.45, 7) is 1.87. The fraction of sp³-hybridized carbons (Fsp3) is 0.750. The lowest BCUT2D eigenvalue weighted by molar-refractivity contribution is 0.355. The first-order valence-corrected chi connectivity index (χ1v) is 2.21. The molecule has 0 aromatic rings. The molecule has 0 atom stereocenters. The van der Waals surface area contributed by atoms with Crippen molar-refractivity contribution < 1.29 is 5.11 Å². The van der Waals surface area contributed by atoms with Crippen LogP contribution >= 0.6 is 0 Å². The van der Waals surface area contributed by atoms with Gasteiger partial charge in [0, 0.05) is 0 Å². The maximum atomic E-state index is 8.32. The van der Waals surface area contributed by atoms with Crippen LogP contribution in [-0.4, -0.2) is 17.4 Å².